The zero-order valence-corrected chi connectivity index (χ0v) is 17.0. The van der Waals surface area contributed by atoms with Crippen molar-refractivity contribution in [3.05, 3.63) is 97.1 Å². The normalized spacial score (nSPS) is 10.6. The van der Waals surface area contributed by atoms with Crippen LogP contribution in [-0.2, 0) is 0 Å². The molecule has 0 fully saturated rings. The summed E-state index contributed by atoms with van der Waals surface area (Å²) in [5.41, 5.74) is 0. The SMILES string of the molecule is Oc1ccc(Sc2ccc(Oc3ccc(Sc4ccc(O)cc4)cc3)cc2)cc1. The van der Waals surface area contributed by atoms with Crippen molar-refractivity contribution in [1.82, 2.24) is 0 Å². The Morgan fingerprint density at radius 3 is 1.00 bits per heavy atom. The first-order valence-electron chi connectivity index (χ1n) is 8.96. The van der Waals surface area contributed by atoms with Crippen molar-refractivity contribution in [1.29, 1.82) is 0 Å². The average Bonchev–Trinajstić information content (AvgIpc) is 2.74. The number of benzene rings is 4. The van der Waals surface area contributed by atoms with Gasteiger partial charge >= 0.3 is 0 Å². The van der Waals surface area contributed by atoms with Gasteiger partial charge in [-0.25, -0.2) is 0 Å². The summed E-state index contributed by atoms with van der Waals surface area (Å²) in [6.07, 6.45) is 0. The van der Waals surface area contributed by atoms with Gasteiger partial charge in [0.2, 0.25) is 0 Å². The fraction of sp³-hybridized carbons (Fsp3) is 0. The number of hydrogen-bond acceptors (Lipinski definition) is 5. The molecule has 4 rings (SSSR count). The molecule has 0 saturated heterocycles. The minimum absolute atomic E-state index is 0.269. The molecule has 29 heavy (non-hydrogen) atoms. The molecule has 0 radical (unpaired) electrons. The Balaban J connectivity index is 1.36. The van der Waals surface area contributed by atoms with Gasteiger partial charge in [-0.1, -0.05) is 23.5 Å². The topological polar surface area (TPSA) is 49.7 Å². The highest BCUT2D eigenvalue weighted by Gasteiger charge is 2.02. The van der Waals surface area contributed by atoms with Gasteiger partial charge in [0, 0.05) is 19.6 Å². The predicted octanol–water partition coefficient (Wildman–Crippen LogP) is 7.19. The van der Waals surface area contributed by atoms with Crippen LogP contribution in [0.5, 0.6) is 23.0 Å². The van der Waals surface area contributed by atoms with Crippen LogP contribution >= 0.6 is 23.5 Å². The zero-order chi connectivity index (χ0) is 20.1. The molecule has 2 N–H and O–H groups in total. The molecule has 0 aromatic heterocycles. The lowest BCUT2D eigenvalue weighted by Crippen LogP contribution is -1.84. The van der Waals surface area contributed by atoms with Crippen LogP contribution < -0.4 is 4.74 Å². The van der Waals surface area contributed by atoms with Crippen LogP contribution in [0.25, 0.3) is 0 Å². The molecule has 5 heteroatoms. The maximum absolute atomic E-state index is 9.36. The van der Waals surface area contributed by atoms with Crippen LogP contribution in [0.2, 0.25) is 0 Å². The second-order valence-electron chi connectivity index (χ2n) is 6.24. The van der Waals surface area contributed by atoms with E-state index in [0.29, 0.717) is 0 Å². The summed E-state index contributed by atoms with van der Waals surface area (Å²) in [4.78, 5) is 4.34. The maximum atomic E-state index is 9.36. The van der Waals surface area contributed by atoms with Gasteiger partial charge < -0.3 is 14.9 Å². The molecule has 0 aliphatic carbocycles. The van der Waals surface area contributed by atoms with Gasteiger partial charge in [-0.3, -0.25) is 0 Å². The molecular weight excluding hydrogens is 400 g/mol. The number of rotatable bonds is 6. The largest absolute Gasteiger partial charge is 0.508 e. The van der Waals surface area contributed by atoms with Crippen LogP contribution in [0.4, 0.5) is 0 Å². The van der Waals surface area contributed by atoms with Crippen molar-refractivity contribution in [3.8, 4) is 23.0 Å². The van der Waals surface area contributed by atoms with Crippen molar-refractivity contribution < 1.29 is 14.9 Å². The van der Waals surface area contributed by atoms with E-state index in [2.05, 4.69) is 0 Å². The molecule has 0 atom stereocenters. The Hall–Kier alpha value is -3.02. The van der Waals surface area contributed by atoms with Crippen molar-refractivity contribution in [2.24, 2.45) is 0 Å². The monoisotopic (exact) mass is 418 g/mol. The lowest BCUT2D eigenvalue weighted by Gasteiger charge is -2.08. The molecule has 0 saturated carbocycles. The Kier molecular flexibility index (Phi) is 5.98. The fourth-order valence-electron chi connectivity index (χ4n) is 2.59. The van der Waals surface area contributed by atoms with Crippen molar-refractivity contribution >= 4 is 23.5 Å². The highest BCUT2D eigenvalue weighted by atomic mass is 32.2. The average molecular weight is 419 g/mol. The Bertz CT molecular complexity index is 970. The molecule has 0 heterocycles. The van der Waals surface area contributed by atoms with E-state index >= 15 is 0 Å². The summed E-state index contributed by atoms with van der Waals surface area (Å²) < 4.78 is 5.94. The van der Waals surface area contributed by atoms with Gasteiger partial charge in [-0.2, -0.15) is 0 Å². The minimum atomic E-state index is 0.269. The molecule has 0 aliphatic rings. The zero-order valence-electron chi connectivity index (χ0n) is 15.4. The highest BCUT2D eigenvalue weighted by Crippen LogP contribution is 2.33. The molecule has 144 valence electrons. The summed E-state index contributed by atoms with van der Waals surface area (Å²) in [6, 6.07) is 30.1. The second-order valence-corrected chi connectivity index (χ2v) is 8.53. The second kappa shape index (κ2) is 8.99. The molecule has 0 spiro atoms. The van der Waals surface area contributed by atoms with E-state index in [9.17, 15) is 10.2 Å². The van der Waals surface area contributed by atoms with Gasteiger partial charge in [0.15, 0.2) is 0 Å². The summed E-state index contributed by atoms with van der Waals surface area (Å²) in [5, 5.41) is 18.7. The molecule has 0 amide bonds. The van der Waals surface area contributed by atoms with Gasteiger partial charge in [-0.15, -0.1) is 0 Å². The Morgan fingerprint density at radius 1 is 0.414 bits per heavy atom. The van der Waals surface area contributed by atoms with Crippen LogP contribution in [0.1, 0.15) is 0 Å². The molecule has 0 bridgehead atoms. The number of ether oxygens (including phenoxy) is 1. The fourth-order valence-corrected chi connectivity index (χ4v) is 4.22. The van der Waals surface area contributed by atoms with E-state index in [1.54, 1.807) is 47.8 Å². The van der Waals surface area contributed by atoms with E-state index in [1.807, 2.05) is 72.8 Å². The van der Waals surface area contributed by atoms with Gasteiger partial charge in [0.05, 0.1) is 0 Å². The molecule has 4 aromatic carbocycles. The molecule has 3 nitrogen and oxygen atoms in total. The predicted molar refractivity (Wildman–Crippen MR) is 117 cm³/mol. The molecule has 4 aromatic rings. The summed E-state index contributed by atoms with van der Waals surface area (Å²) in [5.74, 6) is 2.09. The number of hydrogen-bond donors (Lipinski definition) is 2. The minimum Gasteiger partial charge on any atom is -0.508 e. The van der Waals surface area contributed by atoms with Crippen LogP contribution in [0, 0.1) is 0 Å². The number of aromatic hydroxyl groups is 2. The first kappa shape index (κ1) is 19.3. The van der Waals surface area contributed by atoms with Crippen LogP contribution in [-0.4, -0.2) is 10.2 Å². The van der Waals surface area contributed by atoms with Gasteiger partial charge in [-0.05, 0) is 97.1 Å². The van der Waals surface area contributed by atoms with Crippen LogP contribution in [0.3, 0.4) is 0 Å². The van der Waals surface area contributed by atoms with E-state index in [1.165, 1.54) is 0 Å². The van der Waals surface area contributed by atoms with Crippen molar-refractivity contribution in [3.63, 3.8) is 0 Å². The lowest BCUT2D eigenvalue weighted by molar-refractivity contribution is 0.474. The van der Waals surface area contributed by atoms with Crippen LogP contribution in [0.15, 0.2) is 117 Å². The third-order valence-corrected chi connectivity index (χ3v) is 6.06. The third kappa shape index (κ3) is 5.50. The first-order valence-corrected chi connectivity index (χ1v) is 10.6. The Labute approximate surface area is 178 Å². The maximum Gasteiger partial charge on any atom is 0.127 e. The summed E-state index contributed by atoms with van der Waals surface area (Å²) in [6.45, 7) is 0. The number of phenolic OH excluding ortho intramolecular Hbond substituents is 2. The summed E-state index contributed by atoms with van der Waals surface area (Å²) >= 11 is 3.26. The van der Waals surface area contributed by atoms with Crippen molar-refractivity contribution in [2.75, 3.05) is 0 Å². The third-order valence-electron chi connectivity index (χ3n) is 4.03. The van der Waals surface area contributed by atoms with E-state index < -0.39 is 0 Å². The van der Waals surface area contributed by atoms with Gasteiger partial charge in [0.25, 0.3) is 0 Å². The van der Waals surface area contributed by atoms with E-state index in [-0.39, 0.29) is 11.5 Å². The standard InChI is InChI=1S/C24H18O3S2/c25-17-1-9-21(10-2-17)28-23-13-5-19(6-14-23)27-20-7-15-24(16-8-20)29-22-11-3-18(26)4-12-22/h1-16,25-26H. The van der Waals surface area contributed by atoms with E-state index in [0.717, 1.165) is 31.1 Å². The Morgan fingerprint density at radius 2 is 0.690 bits per heavy atom. The van der Waals surface area contributed by atoms with Gasteiger partial charge in [0.1, 0.15) is 23.0 Å². The lowest BCUT2D eigenvalue weighted by atomic mass is 10.3. The quantitative estimate of drug-likeness (QED) is 0.347. The van der Waals surface area contributed by atoms with E-state index in [4.69, 9.17) is 4.74 Å². The van der Waals surface area contributed by atoms with Crippen molar-refractivity contribution in [2.45, 2.75) is 19.6 Å². The smallest absolute Gasteiger partial charge is 0.127 e. The number of phenols is 2. The first-order chi connectivity index (χ1) is 14.1. The molecular formula is C24H18O3S2. The summed E-state index contributed by atoms with van der Waals surface area (Å²) in [7, 11) is 0. The molecule has 0 aliphatic heterocycles. The highest BCUT2D eigenvalue weighted by molar-refractivity contribution is 7.99. The molecule has 0 unspecified atom stereocenters.